The summed E-state index contributed by atoms with van der Waals surface area (Å²) in [5.74, 6) is -0.556. The molecule has 0 aliphatic heterocycles. The fraction of sp³-hybridized carbons (Fsp3) is 0.294. The Hall–Kier alpha value is -2.18. The van der Waals surface area contributed by atoms with E-state index >= 15 is 0 Å². The van der Waals surface area contributed by atoms with Crippen molar-refractivity contribution >= 4 is 28.8 Å². The van der Waals surface area contributed by atoms with E-state index in [2.05, 4.69) is 16.3 Å². The van der Waals surface area contributed by atoms with Crippen LogP contribution in [0.4, 0.5) is 5.69 Å². The van der Waals surface area contributed by atoms with Gasteiger partial charge in [0.1, 0.15) is 0 Å². The second kappa shape index (κ2) is 7.89. The Morgan fingerprint density at radius 1 is 1.26 bits per heavy atom. The van der Waals surface area contributed by atoms with Crippen molar-refractivity contribution in [2.24, 2.45) is 5.73 Å². The number of benzene rings is 1. The molecule has 1 heterocycles. The molecule has 0 radical (unpaired) electrons. The van der Waals surface area contributed by atoms with Crippen molar-refractivity contribution in [3.8, 4) is 0 Å². The van der Waals surface area contributed by atoms with Crippen LogP contribution in [0.25, 0.3) is 0 Å². The van der Waals surface area contributed by atoms with Gasteiger partial charge < -0.3 is 11.1 Å². The van der Waals surface area contributed by atoms with E-state index in [4.69, 9.17) is 5.73 Å². The van der Waals surface area contributed by atoms with E-state index in [1.54, 1.807) is 35.6 Å². The van der Waals surface area contributed by atoms with Crippen LogP contribution in [0.15, 0.2) is 41.8 Å². The standard InChI is InChI=1S/C17H21N3O2S/c1-3-20(11-15-5-4-10-23-15)12(2)17(22)19-14-8-6-13(7-9-14)16(18)21/h4-10,12H,3,11H2,1-2H3,(H2,18,21)(H,19,22)/t12-/m0/s1. The summed E-state index contributed by atoms with van der Waals surface area (Å²) in [5, 5.41) is 4.91. The molecular weight excluding hydrogens is 310 g/mol. The third kappa shape index (κ3) is 4.64. The largest absolute Gasteiger partial charge is 0.366 e. The number of nitrogens with two attached hydrogens (primary N) is 1. The number of amides is 2. The average molecular weight is 331 g/mol. The van der Waals surface area contributed by atoms with Gasteiger partial charge in [-0.15, -0.1) is 11.3 Å². The Kier molecular flexibility index (Phi) is 5.90. The molecule has 122 valence electrons. The highest BCUT2D eigenvalue weighted by Gasteiger charge is 2.20. The molecule has 6 heteroatoms. The summed E-state index contributed by atoms with van der Waals surface area (Å²) in [4.78, 5) is 26.8. The highest BCUT2D eigenvalue weighted by Crippen LogP contribution is 2.15. The van der Waals surface area contributed by atoms with Crippen molar-refractivity contribution in [1.82, 2.24) is 4.90 Å². The lowest BCUT2D eigenvalue weighted by molar-refractivity contribution is -0.120. The monoisotopic (exact) mass is 331 g/mol. The van der Waals surface area contributed by atoms with Crippen molar-refractivity contribution < 1.29 is 9.59 Å². The minimum Gasteiger partial charge on any atom is -0.366 e. The van der Waals surface area contributed by atoms with Gasteiger partial charge >= 0.3 is 0 Å². The molecule has 0 aliphatic rings. The van der Waals surface area contributed by atoms with Crippen molar-refractivity contribution in [3.63, 3.8) is 0 Å². The number of carbonyl (C=O) groups excluding carboxylic acids is 2. The van der Waals surface area contributed by atoms with Crippen LogP contribution in [0.1, 0.15) is 29.1 Å². The van der Waals surface area contributed by atoms with Gasteiger partial charge in [-0.05, 0) is 49.2 Å². The number of nitrogens with one attached hydrogen (secondary N) is 1. The number of rotatable bonds is 7. The van der Waals surface area contributed by atoms with Gasteiger partial charge in [0, 0.05) is 22.7 Å². The maximum atomic E-state index is 12.4. The van der Waals surface area contributed by atoms with E-state index in [1.807, 2.05) is 25.3 Å². The fourth-order valence-corrected chi connectivity index (χ4v) is 2.99. The highest BCUT2D eigenvalue weighted by atomic mass is 32.1. The zero-order valence-electron chi connectivity index (χ0n) is 13.3. The molecule has 0 spiro atoms. The van der Waals surface area contributed by atoms with Crippen molar-refractivity contribution in [3.05, 3.63) is 52.2 Å². The molecule has 23 heavy (non-hydrogen) atoms. The van der Waals surface area contributed by atoms with Crippen molar-refractivity contribution in [1.29, 1.82) is 0 Å². The summed E-state index contributed by atoms with van der Waals surface area (Å²) in [7, 11) is 0. The lowest BCUT2D eigenvalue weighted by Crippen LogP contribution is -2.41. The fourth-order valence-electron chi connectivity index (χ4n) is 2.26. The predicted octanol–water partition coefficient (Wildman–Crippen LogP) is 2.70. The number of thiophene rings is 1. The molecule has 2 amide bonds. The SMILES string of the molecule is CCN(Cc1cccs1)[C@@H](C)C(=O)Nc1ccc(C(N)=O)cc1. The molecule has 3 N–H and O–H groups in total. The minimum atomic E-state index is -0.482. The van der Waals surface area contributed by atoms with Crippen LogP contribution in [-0.4, -0.2) is 29.3 Å². The van der Waals surface area contributed by atoms with Crippen molar-refractivity contribution in [2.75, 3.05) is 11.9 Å². The number of primary amides is 1. The Bertz CT molecular complexity index is 653. The first-order valence-corrected chi connectivity index (χ1v) is 8.36. The molecule has 1 aromatic carbocycles. The Balaban J connectivity index is 1.98. The number of likely N-dealkylation sites (N-methyl/N-ethyl adjacent to an activating group) is 1. The number of hydrogen-bond donors (Lipinski definition) is 2. The molecule has 0 saturated heterocycles. The van der Waals surface area contributed by atoms with Gasteiger partial charge in [0.2, 0.25) is 11.8 Å². The van der Waals surface area contributed by atoms with Gasteiger partial charge in [-0.3, -0.25) is 14.5 Å². The zero-order chi connectivity index (χ0) is 16.8. The first-order chi connectivity index (χ1) is 11.0. The van der Waals surface area contributed by atoms with Crippen LogP contribution < -0.4 is 11.1 Å². The Morgan fingerprint density at radius 2 is 1.96 bits per heavy atom. The summed E-state index contributed by atoms with van der Waals surface area (Å²) in [6, 6.07) is 10.4. The summed E-state index contributed by atoms with van der Waals surface area (Å²) in [6.45, 7) is 5.47. The molecule has 1 atom stereocenters. The maximum Gasteiger partial charge on any atom is 0.248 e. The number of carbonyl (C=O) groups is 2. The van der Waals surface area contributed by atoms with Gasteiger partial charge in [0.15, 0.2) is 0 Å². The van der Waals surface area contributed by atoms with E-state index in [-0.39, 0.29) is 11.9 Å². The normalized spacial score (nSPS) is 12.1. The summed E-state index contributed by atoms with van der Waals surface area (Å²) >= 11 is 1.69. The second-order valence-corrected chi connectivity index (χ2v) is 6.28. The number of hydrogen-bond acceptors (Lipinski definition) is 4. The van der Waals surface area contributed by atoms with E-state index in [1.165, 1.54) is 4.88 Å². The number of nitrogens with zero attached hydrogens (tertiary/aromatic N) is 1. The van der Waals surface area contributed by atoms with E-state index < -0.39 is 5.91 Å². The average Bonchev–Trinajstić information content (AvgIpc) is 3.05. The molecule has 0 unspecified atom stereocenters. The summed E-state index contributed by atoms with van der Waals surface area (Å²) < 4.78 is 0. The Morgan fingerprint density at radius 3 is 2.48 bits per heavy atom. The molecular formula is C17H21N3O2S. The van der Waals surface area contributed by atoms with Gasteiger partial charge in [-0.2, -0.15) is 0 Å². The third-order valence-electron chi connectivity index (χ3n) is 3.71. The smallest absolute Gasteiger partial charge is 0.248 e. The minimum absolute atomic E-state index is 0.0739. The van der Waals surface area contributed by atoms with Crippen LogP contribution in [-0.2, 0) is 11.3 Å². The Labute approximate surface area is 140 Å². The molecule has 1 aromatic heterocycles. The van der Waals surface area contributed by atoms with E-state index in [9.17, 15) is 9.59 Å². The van der Waals surface area contributed by atoms with Crippen LogP contribution in [0, 0.1) is 0 Å². The zero-order valence-corrected chi connectivity index (χ0v) is 14.1. The molecule has 0 fully saturated rings. The predicted molar refractivity (Wildman–Crippen MR) is 93.5 cm³/mol. The second-order valence-electron chi connectivity index (χ2n) is 5.25. The topological polar surface area (TPSA) is 75.4 Å². The molecule has 2 aromatic rings. The molecule has 2 rings (SSSR count). The summed E-state index contributed by atoms with van der Waals surface area (Å²) in [5.41, 5.74) is 6.28. The van der Waals surface area contributed by atoms with Gasteiger partial charge in [-0.25, -0.2) is 0 Å². The molecule has 0 saturated carbocycles. The van der Waals surface area contributed by atoms with Crippen LogP contribution in [0.5, 0.6) is 0 Å². The van der Waals surface area contributed by atoms with Crippen LogP contribution in [0.3, 0.4) is 0 Å². The maximum absolute atomic E-state index is 12.4. The highest BCUT2D eigenvalue weighted by molar-refractivity contribution is 7.09. The van der Waals surface area contributed by atoms with Crippen LogP contribution in [0.2, 0.25) is 0 Å². The first kappa shape index (κ1) is 17.2. The first-order valence-electron chi connectivity index (χ1n) is 7.48. The van der Waals surface area contributed by atoms with Gasteiger partial charge in [0.05, 0.1) is 6.04 Å². The lowest BCUT2D eigenvalue weighted by Gasteiger charge is -2.26. The quantitative estimate of drug-likeness (QED) is 0.819. The molecule has 0 bridgehead atoms. The summed E-state index contributed by atoms with van der Waals surface area (Å²) in [6.07, 6.45) is 0. The van der Waals surface area contributed by atoms with Crippen molar-refractivity contribution in [2.45, 2.75) is 26.4 Å². The van der Waals surface area contributed by atoms with Gasteiger partial charge in [0.25, 0.3) is 0 Å². The lowest BCUT2D eigenvalue weighted by atomic mass is 10.2. The van der Waals surface area contributed by atoms with Gasteiger partial charge in [-0.1, -0.05) is 13.0 Å². The van der Waals surface area contributed by atoms with E-state index in [0.29, 0.717) is 11.3 Å². The molecule has 5 nitrogen and oxygen atoms in total. The number of anilines is 1. The molecule has 0 aliphatic carbocycles. The third-order valence-corrected chi connectivity index (χ3v) is 4.57. The van der Waals surface area contributed by atoms with Crippen LogP contribution >= 0.6 is 11.3 Å². The van der Waals surface area contributed by atoms with E-state index in [0.717, 1.165) is 13.1 Å².